The highest BCUT2D eigenvalue weighted by Gasteiger charge is 2.19. The molecule has 0 heterocycles. The lowest BCUT2D eigenvalue weighted by Gasteiger charge is -2.18. The summed E-state index contributed by atoms with van der Waals surface area (Å²) in [7, 11) is 0. The van der Waals surface area contributed by atoms with Gasteiger partial charge in [-0.25, -0.2) is 0 Å². The van der Waals surface area contributed by atoms with Gasteiger partial charge in [-0.3, -0.25) is 14.4 Å². The fourth-order valence-electron chi connectivity index (χ4n) is 8.95. The van der Waals surface area contributed by atoms with E-state index in [1.807, 2.05) is 0 Å². The number of unbranched alkanes of at least 4 members (excludes halogenated alkanes) is 32. The fourth-order valence-corrected chi connectivity index (χ4v) is 8.95. The van der Waals surface area contributed by atoms with Gasteiger partial charge in [0.2, 0.25) is 0 Å². The van der Waals surface area contributed by atoms with Crippen LogP contribution in [-0.4, -0.2) is 37.2 Å². The van der Waals surface area contributed by atoms with Crippen LogP contribution in [0.2, 0.25) is 0 Å². The van der Waals surface area contributed by atoms with E-state index in [-0.39, 0.29) is 31.1 Å². The zero-order valence-electron chi connectivity index (χ0n) is 48.8. The van der Waals surface area contributed by atoms with Crippen LogP contribution in [0.4, 0.5) is 0 Å². The maximum Gasteiger partial charge on any atom is 0.306 e. The Morgan fingerprint density at radius 1 is 0.284 bits per heavy atom. The number of allylic oxidation sites excluding steroid dienone is 14. The van der Waals surface area contributed by atoms with Crippen molar-refractivity contribution in [2.24, 2.45) is 0 Å². The third-order valence-corrected chi connectivity index (χ3v) is 13.7. The molecule has 6 heteroatoms. The van der Waals surface area contributed by atoms with Gasteiger partial charge in [-0.1, -0.05) is 298 Å². The largest absolute Gasteiger partial charge is 0.462 e. The van der Waals surface area contributed by atoms with E-state index in [1.54, 1.807) is 0 Å². The van der Waals surface area contributed by atoms with E-state index >= 15 is 0 Å². The summed E-state index contributed by atoms with van der Waals surface area (Å²) in [4.78, 5) is 38.0. The van der Waals surface area contributed by atoms with E-state index in [0.717, 1.165) is 103 Å². The van der Waals surface area contributed by atoms with Crippen molar-refractivity contribution in [1.82, 2.24) is 0 Å². The quantitative estimate of drug-likeness (QED) is 0.0261. The Labute approximate surface area is 458 Å². The molecule has 0 saturated heterocycles. The van der Waals surface area contributed by atoms with E-state index in [2.05, 4.69) is 106 Å². The molecule has 6 nitrogen and oxygen atoms in total. The van der Waals surface area contributed by atoms with Crippen molar-refractivity contribution in [3.63, 3.8) is 0 Å². The van der Waals surface area contributed by atoms with Crippen LogP contribution < -0.4 is 0 Å². The molecule has 0 aliphatic carbocycles. The van der Waals surface area contributed by atoms with E-state index < -0.39 is 6.10 Å². The van der Waals surface area contributed by atoms with Gasteiger partial charge in [0.05, 0.1) is 0 Å². The third kappa shape index (κ3) is 59.5. The summed E-state index contributed by atoms with van der Waals surface area (Å²) in [6.07, 6.45) is 81.8. The lowest BCUT2D eigenvalue weighted by Crippen LogP contribution is -2.30. The molecule has 0 amide bonds. The molecule has 0 radical (unpaired) electrons. The number of rotatable bonds is 57. The first kappa shape index (κ1) is 70.6. The highest BCUT2D eigenvalue weighted by atomic mass is 16.6. The van der Waals surface area contributed by atoms with E-state index in [9.17, 15) is 14.4 Å². The molecule has 0 bridgehead atoms. The summed E-state index contributed by atoms with van der Waals surface area (Å²) in [5, 5.41) is 0. The predicted octanol–water partition coefficient (Wildman–Crippen LogP) is 21.5. The molecule has 0 fully saturated rings. The summed E-state index contributed by atoms with van der Waals surface area (Å²) in [6.45, 7) is 6.53. The molecule has 0 saturated carbocycles. The van der Waals surface area contributed by atoms with Gasteiger partial charge in [0.25, 0.3) is 0 Å². The molecule has 74 heavy (non-hydrogen) atoms. The Kier molecular flexibility index (Phi) is 59.3. The van der Waals surface area contributed by atoms with Crippen LogP contribution in [0.5, 0.6) is 0 Å². The maximum absolute atomic E-state index is 12.8. The Morgan fingerprint density at radius 3 is 0.824 bits per heavy atom. The molecular weight excluding hydrogens is 913 g/mol. The van der Waals surface area contributed by atoms with Crippen LogP contribution >= 0.6 is 0 Å². The highest BCUT2D eigenvalue weighted by Crippen LogP contribution is 2.17. The van der Waals surface area contributed by atoms with Gasteiger partial charge in [-0.2, -0.15) is 0 Å². The maximum atomic E-state index is 12.8. The van der Waals surface area contributed by atoms with Crippen LogP contribution in [0.1, 0.15) is 310 Å². The Balaban J connectivity index is 4.04. The van der Waals surface area contributed by atoms with Crippen molar-refractivity contribution in [2.75, 3.05) is 13.2 Å². The van der Waals surface area contributed by atoms with Crippen LogP contribution in [0.3, 0.4) is 0 Å². The average Bonchev–Trinajstić information content (AvgIpc) is 3.40. The van der Waals surface area contributed by atoms with Gasteiger partial charge in [-0.05, 0) is 77.0 Å². The number of carbonyl (C=O) groups is 3. The van der Waals surface area contributed by atoms with Crippen LogP contribution in [0.15, 0.2) is 85.1 Å². The number of ether oxygens (including phenoxy) is 3. The smallest absolute Gasteiger partial charge is 0.306 e. The van der Waals surface area contributed by atoms with Crippen molar-refractivity contribution in [3.8, 4) is 0 Å². The minimum absolute atomic E-state index is 0.0704. The van der Waals surface area contributed by atoms with E-state index in [4.69, 9.17) is 14.2 Å². The minimum Gasteiger partial charge on any atom is -0.462 e. The van der Waals surface area contributed by atoms with E-state index in [0.29, 0.717) is 19.3 Å². The lowest BCUT2D eigenvalue weighted by atomic mass is 10.0. The summed E-state index contributed by atoms with van der Waals surface area (Å²) in [5.41, 5.74) is 0. The van der Waals surface area contributed by atoms with E-state index in [1.165, 1.54) is 167 Å². The van der Waals surface area contributed by atoms with Gasteiger partial charge < -0.3 is 14.2 Å². The number of hydrogen-bond acceptors (Lipinski definition) is 6. The van der Waals surface area contributed by atoms with Gasteiger partial charge in [-0.15, -0.1) is 0 Å². The third-order valence-electron chi connectivity index (χ3n) is 13.7. The van der Waals surface area contributed by atoms with Crippen LogP contribution in [-0.2, 0) is 28.6 Å². The van der Waals surface area contributed by atoms with Crippen molar-refractivity contribution in [2.45, 2.75) is 316 Å². The van der Waals surface area contributed by atoms with Gasteiger partial charge in [0.1, 0.15) is 13.2 Å². The summed E-state index contributed by atoms with van der Waals surface area (Å²) in [6, 6.07) is 0. The van der Waals surface area contributed by atoms with Crippen LogP contribution in [0.25, 0.3) is 0 Å². The average molecular weight is 1030 g/mol. The number of esters is 3. The van der Waals surface area contributed by atoms with Crippen molar-refractivity contribution in [1.29, 1.82) is 0 Å². The molecule has 426 valence electrons. The monoisotopic (exact) mass is 1030 g/mol. The Hall–Kier alpha value is -3.41. The molecule has 0 aromatic rings. The molecule has 1 atom stereocenters. The fraction of sp³-hybridized carbons (Fsp3) is 0.750. The second-order valence-electron chi connectivity index (χ2n) is 21.0. The first-order valence-electron chi connectivity index (χ1n) is 31.6. The topological polar surface area (TPSA) is 78.9 Å². The second-order valence-corrected chi connectivity index (χ2v) is 21.0. The summed E-state index contributed by atoms with van der Waals surface area (Å²) in [5.74, 6) is -0.863. The zero-order valence-corrected chi connectivity index (χ0v) is 48.8. The first-order valence-corrected chi connectivity index (χ1v) is 31.6. The van der Waals surface area contributed by atoms with Gasteiger partial charge in [0.15, 0.2) is 6.10 Å². The molecule has 0 spiro atoms. The highest BCUT2D eigenvalue weighted by molar-refractivity contribution is 5.71. The normalized spacial score (nSPS) is 12.6. The number of hydrogen-bond donors (Lipinski definition) is 0. The Bertz CT molecular complexity index is 1420. The SMILES string of the molecule is CC/C=C\C/C=C\C/C=C\C/C=C\C/C=C\C/C=C\C/C=C\CCCCCCCCCCCCCCCC(=O)OCC(COC(=O)CCCCCCCCCCCC)OC(=O)CCCCCCCCCCCCC. The zero-order chi connectivity index (χ0) is 53.6. The standard InChI is InChI=1S/C68H118O6/c1-4-7-10-13-16-19-22-23-24-25-26-27-28-29-30-31-32-33-34-35-36-37-38-39-40-41-42-43-44-45-47-49-52-55-58-61-67(70)73-64-65(63-72-66(69)60-57-54-51-48-21-18-15-12-9-6-3)74-68(71)62-59-56-53-50-46-20-17-14-11-8-5-2/h7,10,16,19,23-24,26-27,29-30,32-33,35-36,65H,4-6,8-9,11-15,17-18,20-22,25,28,31,34,37-64H2,1-3H3/b10-7-,19-16-,24-23-,27-26-,30-29-,33-32-,36-35-. The number of carbonyl (C=O) groups excluding carboxylic acids is 3. The summed E-state index contributed by atoms with van der Waals surface area (Å²) >= 11 is 0. The molecule has 0 rings (SSSR count). The Morgan fingerprint density at radius 2 is 0.527 bits per heavy atom. The molecular formula is C68H118O6. The first-order chi connectivity index (χ1) is 36.5. The molecule has 0 aromatic carbocycles. The van der Waals surface area contributed by atoms with Crippen molar-refractivity contribution in [3.05, 3.63) is 85.1 Å². The molecule has 1 unspecified atom stereocenters. The van der Waals surface area contributed by atoms with Gasteiger partial charge in [0, 0.05) is 19.3 Å². The lowest BCUT2D eigenvalue weighted by molar-refractivity contribution is -0.167. The van der Waals surface area contributed by atoms with Crippen molar-refractivity contribution >= 4 is 17.9 Å². The molecule has 0 N–H and O–H groups in total. The minimum atomic E-state index is -0.770. The van der Waals surface area contributed by atoms with Gasteiger partial charge >= 0.3 is 17.9 Å². The second kappa shape index (κ2) is 62.1. The van der Waals surface area contributed by atoms with Crippen LogP contribution in [0, 0.1) is 0 Å². The van der Waals surface area contributed by atoms with Crippen molar-refractivity contribution < 1.29 is 28.6 Å². The molecule has 0 aromatic heterocycles. The predicted molar refractivity (Wildman–Crippen MR) is 321 cm³/mol. The molecule has 0 aliphatic rings. The molecule has 0 aliphatic heterocycles. The summed E-state index contributed by atoms with van der Waals surface area (Å²) < 4.78 is 16.8.